The summed E-state index contributed by atoms with van der Waals surface area (Å²) in [6.45, 7) is 5.13. The van der Waals surface area contributed by atoms with Gasteiger partial charge in [0.15, 0.2) is 0 Å². The van der Waals surface area contributed by atoms with Crippen molar-refractivity contribution in [3.8, 4) is 0 Å². The van der Waals surface area contributed by atoms with E-state index in [1.54, 1.807) is 12.1 Å². The van der Waals surface area contributed by atoms with Crippen molar-refractivity contribution >= 4 is 5.91 Å². The Hall–Kier alpha value is -2.17. The van der Waals surface area contributed by atoms with Crippen molar-refractivity contribution in [3.05, 3.63) is 53.4 Å². The van der Waals surface area contributed by atoms with Gasteiger partial charge in [0.05, 0.1) is 6.42 Å². The van der Waals surface area contributed by atoms with Gasteiger partial charge in [0.2, 0.25) is 5.91 Å². The number of hydrogen-bond donors (Lipinski definition) is 1. The number of imidazole rings is 1. The van der Waals surface area contributed by atoms with E-state index in [-0.39, 0.29) is 18.1 Å². The van der Waals surface area contributed by atoms with Gasteiger partial charge in [-0.15, -0.1) is 0 Å². The monoisotopic (exact) mass is 275 g/mol. The van der Waals surface area contributed by atoms with Crippen molar-refractivity contribution in [2.45, 2.75) is 26.8 Å². The Morgan fingerprint density at radius 1 is 1.40 bits per heavy atom. The number of carbonyl (C=O) groups is 1. The van der Waals surface area contributed by atoms with Crippen LogP contribution in [-0.4, -0.2) is 22.0 Å². The van der Waals surface area contributed by atoms with Gasteiger partial charge in [-0.3, -0.25) is 4.79 Å². The highest BCUT2D eigenvalue weighted by molar-refractivity contribution is 5.78. The number of nitrogens with zero attached hydrogens (tertiary/aromatic N) is 2. The van der Waals surface area contributed by atoms with E-state index < -0.39 is 0 Å². The van der Waals surface area contributed by atoms with Crippen LogP contribution in [0.5, 0.6) is 0 Å². The molecule has 0 spiro atoms. The molecule has 2 rings (SSSR count). The lowest BCUT2D eigenvalue weighted by molar-refractivity contribution is -0.120. The molecule has 0 radical (unpaired) electrons. The number of rotatable bonds is 5. The SMILES string of the molecule is Cc1cnc(C)n1CCNC(=O)Cc1cccc(F)c1. The zero-order valence-corrected chi connectivity index (χ0v) is 11.7. The number of aromatic nitrogens is 2. The maximum absolute atomic E-state index is 13.0. The van der Waals surface area contributed by atoms with E-state index >= 15 is 0 Å². The summed E-state index contributed by atoms with van der Waals surface area (Å²) in [6.07, 6.45) is 2.00. The molecule has 0 aliphatic carbocycles. The second kappa shape index (κ2) is 6.32. The molecule has 106 valence electrons. The molecule has 1 N–H and O–H groups in total. The van der Waals surface area contributed by atoms with E-state index in [0.717, 1.165) is 11.5 Å². The summed E-state index contributed by atoms with van der Waals surface area (Å²) in [5.74, 6) is 0.507. The fourth-order valence-electron chi connectivity index (χ4n) is 2.12. The molecule has 5 heteroatoms. The number of nitrogens with one attached hydrogen (secondary N) is 1. The van der Waals surface area contributed by atoms with Crippen molar-refractivity contribution < 1.29 is 9.18 Å². The summed E-state index contributed by atoms with van der Waals surface area (Å²) in [5, 5.41) is 2.83. The largest absolute Gasteiger partial charge is 0.354 e. The van der Waals surface area contributed by atoms with Gasteiger partial charge in [-0.25, -0.2) is 9.37 Å². The summed E-state index contributed by atoms with van der Waals surface area (Å²) in [4.78, 5) is 16.0. The standard InChI is InChI=1S/C15H18FN3O/c1-11-10-18-12(2)19(11)7-6-17-15(20)9-13-4-3-5-14(16)8-13/h3-5,8,10H,6-7,9H2,1-2H3,(H,17,20). The van der Waals surface area contributed by atoms with Gasteiger partial charge in [0, 0.05) is 25.0 Å². The van der Waals surface area contributed by atoms with Crippen LogP contribution in [0, 0.1) is 19.7 Å². The minimum atomic E-state index is -0.319. The molecule has 0 fully saturated rings. The van der Waals surface area contributed by atoms with Gasteiger partial charge in [-0.2, -0.15) is 0 Å². The third kappa shape index (κ3) is 3.66. The van der Waals surface area contributed by atoms with Crippen LogP contribution in [0.2, 0.25) is 0 Å². The molecule has 0 saturated heterocycles. The molecular formula is C15H18FN3O. The normalized spacial score (nSPS) is 10.6. The summed E-state index contributed by atoms with van der Waals surface area (Å²) in [6, 6.07) is 6.10. The fourth-order valence-corrected chi connectivity index (χ4v) is 2.12. The van der Waals surface area contributed by atoms with Gasteiger partial charge in [0.1, 0.15) is 11.6 Å². The van der Waals surface area contributed by atoms with Gasteiger partial charge >= 0.3 is 0 Å². The predicted octanol–water partition coefficient (Wildman–Crippen LogP) is 2.00. The Morgan fingerprint density at radius 3 is 2.85 bits per heavy atom. The van der Waals surface area contributed by atoms with E-state index in [1.807, 2.05) is 24.6 Å². The minimum Gasteiger partial charge on any atom is -0.354 e. The van der Waals surface area contributed by atoms with E-state index in [9.17, 15) is 9.18 Å². The zero-order chi connectivity index (χ0) is 14.5. The van der Waals surface area contributed by atoms with Crippen LogP contribution in [0.25, 0.3) is 0 Å². The number of aryl methyl sites for hydroxylation is 2. The molecule has 20 heavy (non-hydrogen) atoms. The van der Waals surface area contributed by atoms with Crippen LogP contribution in [0.4, 0.5) is 4.39 Å². The van der Waals surface area contributed by atoms with Gasteiger partial charge in [-0.05, 0) is 31.5 Å². The highest BCUT2D eigenvalue weighted by Gasteiger charge is 2.05. The van der Waals surface area contributed by atoms with E-state index in [4.69, 9.17) is 0 Å². The first-order valence-corrected chi connectivity index (χ1v) is 6.56. The second-order valence-corrected chi connectivity index (χ2v) is 4.76. The first-order chi connectivity index (χ1) is 9.56. The Morgan fingerprint density at radius 2 is 2.20 bits per heavy atom. The molecule has 4 nitrogen and oxygen atoms in total. The summed E-state index contributed by atoms with van der Waals surface area (Å²) >= 11 is 0. The molecule has 0 unspecified atom stereocenters. The third-order valence-electron chi connectivity index (χ3n) is 3.17. The van der Waals surface area contributed by atoms with Gasteiger partial charge < -0.3 is 9.88 Å². The molecule has 1 heterocycles. The van der Waals surface area contributed by atoms with Crippen molar-refractivity contribution in [1.29, 1.82) is 0 Å². The van der Waals surface area contributed by atoms with E-state index in [0.29, 0.717) is 18.7 Å². The van der Waals surface area contributed by atoms with Crippen molar-refractivity contribution in [3.63, 3.8) is 0 Å². The smallest absolute Gasteiger partial charge is 0.224 e. The molecule has 1 aromatic heterocycles. The van der Waals surface area contributed by atoms with Crippen molar-refractivity contribution in [2.75, 3.05) is 6.54 Å². The molecule has 1 amide bonds. The average molecular weight is 275 g/mol. The van der Waals surface area contributed by atoms with Crippen molar-refractivity contribution in [1.82, 2.24) is 14.9 Å². The van der Waals surface area contributed by atoms with Crippen LogP contribution in [0.3, 0.4) is 0 Å². The Bertz CT molecular complexity index is 587. The number of halogens is 1. The van der Waals surface area contributed by atoms with Crippen LogP contribution >= 0.6 is 0 Å². The van der Waals surface area contributed by atoms with Crippen molar-refractivity contribution in [2.24, 2.45) is 0 Å². The number of benzene rings is 1. The summed E-state index contributed by atoms with van der Waals surface area (Å²) in [5.41, 5.74) is 1.75. The first kappa shape index (κ1) is 14.2. The molecule has 0 atom stereocenters. The lowest BCUT2D eigenvalue weighted by Crippen LogP contribution is -2.29. The molecule has 0 aliphatic heterocycles. The van der Waals surface area contributed by atoms with Crippen LogP contribution in [0.1, 0.15) is 17.1 Å². The lowest BCUT2D eigenvalue weighted by atomic mass is 10.1. The number of amides is 1. The third-order valence-corrected chi connectivity index (χ3v) is 3.17. The fraction of sp³-hybridized carbons (Fsp3) is 0.333. The molecule has 1 aromatic carbocycles. The Labute approximate surface area is 117 Å². The number of hydrogen-bond acceptors (Lipinski definition) is 2. The van der Waals surface area contributed by atoms with Gasteiger partial charge in [0.25, 0.3) is 0 Å². The minimum absolute atomic E-state index is 0.106. The highest BCUT2D eigenvalue weighted by Crippen LogP contribution is 2.04. The average Bonchev–Trinajstić information content (AvgIpc) is 2.70. The molecule has 0 bridgehead atoms. The van der Waals surface area contributed by atoms with E-state index in [2.05, 4.69) is 10.3 Å². The molecule has 2 aromatic rings. The zero-order valence-electron chi connectivity index (χ0n) is 11.7. The molecule has 0 aliphatic rings. The van der Waals surface area contributed by atoms with Gasteiger partial charge in [-0.1, -0.05) is 12.1 Å². The maximum Gasteiger partial charge on any atom is 0.224 e. The molecular weight excluding hydrogens is 257 g/mol. The Balaban J connectivity index is 1.81. The second-order valence-electron chi connectivity index (χ2n) is 4.76. The first-order valence-electron chi connectivity index (χ1n) is 6.56. The predicted molar refractivity (Wildman–Crippen MR) is 74.8 cm³/mol. The molecule has 0 saturated carbocycles. The maximum atomic E-state index is 13.0. The lowest BCUT2D eigenvalue weighted by Gasteiger charge is -2.09. The highest BCUT2D eigenvalue weighted by atomic mass is 19.1. The number of carbonyl (C=O) groups excluding carboxylic acids is 1. The van der Waals surface area contributed by atoms with Crippen LogP contribution in [-0.2, 0) is 17.8 Å². The van der Waals surface area contributed by atoms with Crippen LogP contribution < -0.4 is 5.32 Å². The topological polar surface area (TPSA) is 46.9 Å². The summed E-state index contributed by atoms with van der Waals surface area (Å²) in [7, 11) is 0. The summed E-state index contributed by atoms with van der Waals surface area (Å²) < 4.78 is 15.0. The Kier molecular flexibility index (Phi) is 4.50. The van der Waals surface area contributed by atoms with E-state index in [1.165, 1.54) is 12.1 Å². The quantitative estimate of drug-likeness (QED) is 0.907. The van der Waals surface area contributed by atoms with Crippen LogP contribution in [0.15, 0.2) is 30.5 Å².